The molecule has 0 bridgehead atoms. The van der Waals surface area contributed by atoms with E-state index in [2.05, 4.69) is 0 Å². The Morgan fingerprint density at radius 2 is 1.54 bits per heavy atom. The Labute approximate surface area is 206 Å². The van der Waals surface area contributed by atoms with Crippen LogP contribution in [0.3, 0.4) is 0 Å². The van der Waals surface area contributed by atoms with Gasteiger partial charge in [-0.3, -0.25) is 9.59 Å². The number of carbonyl (C=O) groups excluding carboxylic acids is 2. The summed E-state index contributed by atoms with van der Waals surface area (Å²) >= 11 is 0. The van der Waals surface area contributed by atoms with E-state index in [0.29, 0.717) is 61.3 Å². The second-order valence-electron chi connectivity index (χ2n) is 8.33. The SMILES string of the molecule is CCOc1ccc(/C(O)=C2\C(=O)C(=O)N(CCN(C)C)[C@@H]2c2ccc(OCC)c(OCC)c2)cc1. The van der Waals surface area contributed by atoms with E-state index in [4.69, 9.17) is 14.2 Å². The summed E-state index contributed by atoms with van der Waals surface area (Å²) in [7, 11) is 3.80. The molecule has 1 aliphatic heterocycles. The van der Waals surface area contributed by atoms with Gasteiger partial charge in [-0.25, -0.2) is 0 Å². The first-order valence-corrected chi connectivity index (χ1v) is 11.9. The molecule has 1 heterocycles. The molecule has 0 radical (unpaired) electrons. The average molecular weight is 483 g/mol. The quantitative estimate of drug-likeness (QED) is 0.296. The van der Waals surface area contributed by atoms with Crippen LogP contribution in [0.5, 0.6) is 17.2 Å². The van der Waals surface area contributed by atoms with Crippen molar-refractivity contribution in [3.63, 3.8) is 0 Å². The van der Waals surface area contributed by atoms with Crippen molar-refractivity contribution in [3.8, 4) is 17.2 Å². The third-order valence-corrected chi connectivity index (χ3v) is 5.65. The Kier molecular flexibility index (Phi) is 8.76. The first kappa shape index (κ1) is 26.1. The third kappa shape index (κ3) is 5.77. The number of nitrogens with zero attached hydrogens (tertiary/aromatic N) is 2. The third-order valence-electron chi connectivity index (χ3n) is 5.65. The van der Waals surface area contributed by atoms with Crippen LogP contribution in [0.15, 0.2) is 48.0 Å². The number of likely N-dealkylation sites (N-methyl/N-ethyl adjacent to an activating group) is 1. The van der Waals surface area contributed by atoms with Crippen molar-refractivity contribution in [2.24, 2.45) is 0 Å². The Morgan fingerprint density at radius 3 is 2.14 bits per heavy atom. The first-order valence-electron chi connectivity index (χ1n) is 11.9. The molecule has 1 saturated heterocycles. The van der Waals surface area contributed by atoms with E-state index in [1.54, 1.807) is 42.5 Å². The number of likely N-dealkylation sites (tertiary alicyclic amines) is 1. The number of benzene rings is 2. The summed E-state index contributed by atoms with van der Waals surface area (Å²) in [5.74, 6) is 0.166. The summed E-state index contributed by atoms with van der Waals surface area (Å²) in [6, 6.07) is 11.4. The highest BCUT2D eigenvalue weighted by Crippen LogP contribution is 2.42. The number of aliphatic hydroxyl groups excluding tert-OH is 1. The second-order valence-corrected chi connectivity index (χ2v) is 8.33. The number of carbonyl (C=O) groups is 2. The van der Waals surface area contributed by atoms with Gasteiger partial charge >= 0.3 is 0 Å². The average Bonchev–Trinajstić information content (AvgIpc) is 3.09. The molecule has 1 aliphatic rings. The molecule has 3 rings (SSSR count). The molecule has 8 heteroatoms. The number of amides is 1. The molecule has 0 saturated carbocycles. The van der Waals surface area contributed by atoms with Gasteiger partial charge in [0.25, 0.3) is 11.7 Å². The fourth-order valence-electron chi connectivity index (χ4n) is 4.03. The lowest BCUT2D eigenvalue weighted by Gasteiger charge is -2.27. The summed E-state index contributed by atoms with van der Waals surface area (Å²) in [5, 5.41) is 11.2. The lowest BCUT2D eigenvalue weighted by molar-refractivity contribution is -0.140. The zero-order valence-corrected chi connectivity index (χ0v) is 21.0. The molecular formula is C27H34N2O6. The van der Waals surface area contributed by atoms with Gasteiger partial charge in [0.1, 0.15) is 11.5 Å². The molecule has 1 fully saturated rings. The van der Waals surface area contributed by atoms with Gasteiger partial charge in [-0.05, 0) is 76.8 Å². The van der Waals surface area contributed by atoms with Gasteiger partial charge in [0.05, 0.1) is 31.4 Å². The van der Waals surface area contributed by atoms with Crippen molar-refractivity contribution >= 4 is 17.4 Å². The molecule has 0 aromatic heterocycles. The standard InChI is InChI=1S/C27H34N2O6/c1-6-33-20-12-9-18(10-13-20)25(30)23-24(29(16-15-28(4)5)27(32)26(23)31)19-11-14-21(34-7-2)22(17-19)35-8-3/h9-14,17,24,30H,6-8,15-16H2,1-5H3/b25-23+/t24-/m1/s1. The number of rotatable bonds is 11. The van der Waals surface area contributed by atoms with E-state index in [-0.39, 0.29) is 11.3 Å². The van der Waals surface area contributed by atoms with Crippen LogP contribution in [0.2, 0.25) is 0 Å². The monoisotopic (exact) mass is 482 g/mol. The summed E-state index contributed by atoms with van der Waals surface area (Å²) < 4.78 is 16.9. The molecule has 0 unspecified atom stereocenters. The number of hydrogen-bond donors (Lipinski definition) is 1. The molecule has 8 nitrogen and oxygen atoms in total. The van der Waals surface area contributed by atoms with Crippen LogP contribution in [-0.2, 0) is 9.59 Å². The Morgan fingerprint density at radius 1 is 0.914 bits per heavy atom. The van der Waals surface area contributed by atoms with E-state index >= 15 is 0 Å². The molecule has 188 valence electrons. The van der Waals surface area contributed by atoms with Crippen molar-refractivity contribution in [1.82, 2.24) is 9.80 Å². The van der Waals surface area contributed by atoms with Crippen LogP contribution in [0.25, 0.3) is 5.76 Å². The molecule has 2 aromatic rings. The zero-order valence-electron chi connectivity index (χ0n) is 21.0. The van der Waals surface area contributed by atoms with Crippen molar-refractivity contribution < 1.29 is 28.9 Å². The van der Waals surface area contributed by atoms with Crippen molar-refractivity contribution in [2.45, 2.75) is 26.8 Å². The maximum Gasteiger partial charge on any atom is 0.295 e. The molecule has 0 aliphatic carbocycles. The Balaban J connectivity index is 2.14. The first-order chi connectivity index (χ1) is 16.8. The second kappa shape index (κ2) is 11.8. The van der Waals surface area contributed by atoms with Crippen molar-refractivity contribution in [1.29, 1.82) is 0 Å². The lowest BCUT2D eigenvalue weighted by atomic mass is 9.95. The summed E-state index contributed by atoms with van der Waals surface area (Å²) in [5.41, 5.74) is 1.13. The summed E-state index contributed by atoms with van der Waals surface area (Å²) in [6.07, 6.45) is 0. The van der Waals surface area contributed by atoms with E-state index in [0.717, 1.165) is 0 Å². The number of ketones is 1. The van der Waals surface area contributed by atoms with E-state index in [9.17, 15) is 14.7 Å². The maximum absolute atomic E-state index is 13.2. The minimum absolute atomic E-state index is 0.0459. The molecular weight excluding hydrogens is 448 g/mol. The van der Waals surface area contributed by atoms with Gasteiger partial charge in [-0.15, -0.1) is 0 Å². The van der Waals surface area contributed by atoms with Crippen LogP contribution in [0.1, 0.15) is 37.9 Å². The molecule has 0 spiro atoms. The predicted octanol–water partition coefficient (Wildman–Crippen LogP) is 3.87. The highest BCUT2D eigenvalue weighted by molar-refractivity contribution is 6.46. The molecule has 1 amide bonds. The van der Waals surface area contributed by atoms with Crippen LogP contribution in [0, 0.1) is 0 Å². The van der Waals surface area contributed by atoms with Gasteiger partial charge in [-0.2, -0.15) is 0 Å². The number of hydrogen-bond acceptors (Lipinski definition) is 7. The van der Waals surface area contributed by atoms with E-state index < -0.39 is 17.7 Å². The summed E-state index contributed by atoms with van der Waals surface area (Å²) in [6.45, 7) is 7.93. The van der Waals surface area contributed by atoms with Gasteiger partial charge in [0.2, 0.25) is 0 Å². The maximum atomic E-state index is 13.2. The molecule has 2 aromatic carbocycles. The summed E-state index contributed by atoms with van der Waals surface area (Å²) in [4.78, 5) is 29.8. The smallest absolute Gasteiger partial charge is 0.295 e. The van der Waals surface area contributed by atoms with Crippen LogP contribution >= 0.6 is 0 Å². The van der Waals surface area contributed by atoms with Crippen LogP contribution in [-0.4, -0.2) is 73.6 Å². The fourth-order valence-corrected chi connectivity index (χ4v) is 4.03. The minimum Gasteiger partial charge on any atom is -0.507 e. The largest absolute Gasteiger partial charge is 0.507 e. The topological polar surface area (TPSA) is 88.5 Å². The number of Topliss-reactive ketones (excluding diaryl/α,β-unsaturated/α-hetero) is 1. The molecule has 35 heavy (non-hydrogen) atoms. The van der Waals surface area contributed by atoms with E-state index in [1.165, 1.54) is 4.90 Å². The number of ether oxygens (including phenoxy) is 3. The zero-order chi connectivity index (χ0) is 25.5. The Bertz CT molecular complexity index is 1080. The number of aliphatic hydroxyl groups is 1. The lowest BCUT2D eigenvalue weighted by Crippen LogP contribution is -2.35. The predicted molar refractivity (Wildman–Crippen MR) is 134 cm³/mol. The molecule has 1 atom stereocenters. The van der Waals surface area contributed by atoms with E-state index in [1.807, 2.05) is 39.8 Å². The van der Waals surface area contributed by atoms with Crippen molar-refractivity contribution in [2.75, 3.05) is 47.0 Å². The van der Waals surface area contributed by atoms with Gasteiger partial charge in [0.15, 0.2) is 11.5 Å². The minimum atomic E-state index is -0.767. The van der Waals surface area contributed by atoms with Crippen LogP contribution in [0.4, 0.5) is 0 Å². The van der Waals surface area contributed by atoms with Gasteiger partial charge in [-0.1, -0.05) is 6.07 Å². The molecule has 1 N–H and O–H groups in total. The fraction of sp³-hybridized carbons (Fsp3) is 0.407. The highest BCUT2D eigenvalue weighted by Gasteiger charge is 2.46. The van der Waals surface area contributed by atoms with Gasteiger partial charge < -0.3 is 29.1 Å². The Hall–Kier alpha value is -3.52. The van der Waals surface area contributed by atoms with Crippen LogP contribution < -0.4 is 14.2 Å². The normalized spacial score (nSPS) is 17.2. The van der Waals surface area contributed by atoms with Gasteiger partial charge in [0, 0.05) is 18.7 Å². The highest BCUT2D eigenvalue weighted by atomic mass is 16.5. The van der Waals surface area contributed by atoms with Crippen molar-refractivity contribution in [3.05, 3.63) is 59.2 Å².